The summed E-state index contributed by atoms with van der Waals surface area (Å²) in [6, 6.07) is 21.6. The van der Waals surface area contributed by atoms with Crippen molar-refractivity contribution in [3.05, 3.63) is 96.6 Å². The third kappa shape index (κ3) is 2.42. The van der Waals surface area contributed by atoms with E-state index in [0.29, 0.717) is 11.1 Å². The molecule has 0 amide bonds. The average molecular weight is 350 g/mol. The molecule has 2 N–H and O–H groups in total. The van der Waals surface area contributed by atoms with Gasteiger partial charge in [0.2, 0.25) is 0 Å². The molecule has 0 spiro atoms. The molecule has 2 heteroatoms. The van der Waals surface area contributed by atoms with Crippen LogP contribution in [0.1, 0.15) is 11.5 Å². The third-order valence-corrected chi connectivity index (χ3v) is 5.32. The summed E-state index contributed by atoms with van der Waals surface area (Å²) in [7, 11) is 0. The average Bonchev–Trinajstić information content (AvgIpc) is 3.23. The number of allylic oxidation sites excluding steroid dienone is 4. The lowest BCUT2D eigenvalue weighted by Crippen LogP contribution is -1.95. The third-order valence-electron chi connectivity index (χ3n) is 5.32. The molecule has 2 nitrogen and oxygen atoms in total. The maximum Gasteiger partial charge on any atom is 0.128 e. The van der Waals surface area contributed by atoms with Gasteiger partial charge in [-0.1, -0.05) is 78.9 Å². The Morgan fingerprint density at radius 2 is 1.26 bits per heavy atom. The second kappa shape index (κ2) is 6.03. The number of aromatic hydroxyl groups is 2. The van der Waals surface area contributed by atoms with Crippen LogP contribution in [-0.2, 0) is 0 Å². The number of rotatable bonds is 2. The summed E-state index contributed by atoms with van der Waals surface area (Å²) in [6.07, 6.45) is 8.12. The Morgan fingerprint density at radius 3 is 2.00 bits per heavy atom. The van der Waals surface area contributed by atoms with Gasteiger partial charge in [0.25, 0.3) is 0 Å². The van der Waals surface area contributed by atoms with Crippen molar-refractivity contribution in [2.75, 3.05) is 0 Å². The van der Waals surface area contributed by atoms with E-state index in [1.54, 1.807) is 6.07 Å². The molecule has 0 aromatic heterocycles. The van der Waals surface area contributed by atoms with Crippen molar-refractivity contribution in [3.63, 3.8) is 0 Å². The zero-order valence-corrected chi connectivity index (χ0v) is 14.6. The van der Waals surface area contributed by atoms with Gasteiger partial charge in [0.1, 0.15) is 11.5 Å². The van der Waals surface area contributed by atoms with E-state index in [4.69, 9.17) is 0 Å². The van der Waals surface area contributed by atoms with Gasteiger partial charge in [-0.15, -0.1) is 0 Å². The van der Waals surface area contributed by atoms with Crippen LogP contribution in [0, 0.1) is 0 Å². The predicted molar refractivity (Wildman–Crippen MR) is 111 cm³/mol. The minimum atomic E-state index is 0.0328. The Morgan fingerprint density at radius 1 is 0.630 bits per heavy atom. The molecule has 1 aliphatic rings. The first kappa shape index (κ1) is 15.7. The van der Waals surface area contributed by atoms with E-state index >= 15 is 0 Å². The molecular weight excluding hydrogens is 332 g/mol. The van der Waals surface area contributed by atoms with E-state index in [9.17, 15) is 10.2 Å². The van der Waals surface area contributed by atoms with Crippen molar-refractivity contribution < 1.29 is 10.2 Å². The van der Waals surface area contributed by atoms with E-state index < -0.39 is 0 Å². The van der Waals surface area contributed by atoms with Crippen LogP contribution in [0.2, 0.25) is 0 Å². The van der Waals surface area contributed by atoms with Crippen LogP contribution < -0.4 is 0 Å². The number of hydrogen-bond acceptors (Lipinski definition) is 2. The van der Waals surface area contributed by atoms with E-state index in [2.05, 4.69) is 12.2 Å². The van der Waals surface area contributed by atoms with Crippen LogP contribution >= 0.6 is 0 Å². The molecule has 130 valence electrons. The van der Waals surface area contributed by atoms with Gasteiger partial charge in [-0.25, -0.2) is 0 Å². The first-order chi connectivity index (χ1) is 13.2. The maximum atomic E-state index is 11.3. The van der Waals surface area contributed by atoms with Gasteiger partial charge in [0.15, 0.2) is 0 Å². The highest BCUT2D eigenvalue weighted by Crippen LogP contribution is 2.48. The predicted octanol–water partition coefficient (Wildman–Crippen LogP) is 6.28. The fourth-order valence-corrected chi connectivity index (χ4v) is 4.03. The zero-order chi connectivity index (χ0) is 18.4. The molecule has 0 radical (unpaired) electrons. The summed E-state index contributed by atoms with van der Waals surface area (Å²) in [5, 5.41) is 26.0. The van der Waals surface area contributed by atoms with Gasteiger partial charge >= 0.3 is 0 Å². The molecule has 0 saturated carbocycles. The van der Waals surface area contributed by atoms with Crippen molar-refractivity contribution in [1.82, 2.24) is 0 Å². The highest BCUT2D eigenvalue weighted by atomic mass is 16.3. The smallest absolute Gasteiger partial charge is 0.128 e. The summed E-state index contributed by atoms with van der Waals surface area (Å²) in [6.45, 7) is 0. The van der Waals surface area contributed by atoms with Crippen LogP contribution in [0.5, 0.6) is 11.5 Å². The van der Waals surface area contributed by atoms with Gasteiger partial charge in [0.05, 0.1) is 0 Å². The Kier molecular flexibility index (Phi) is 3.51. The fourth-order valence-electron chi connectivity index (χ4n) is 4.03. The first-order valence-corrected chi connectivity index (χ1v) is 9.05. The normalized spacial score (nSPS) is 13.8. The summed E-state index contributed by atoms with van der Waals surface area (Å²) < 4.78 is 0. The summed E-state index contributed by atoms with van der Waals surface area (Å²) in [4.78, 5) is 0. The molecule has 0 aliphatic heterocycles. The molecule has 0 atom stereocenters. The van der Waals surface area contributed by atoms with Crippen LogP contribution in [0.4, 0.5) is 0 Å². The number of phenols is 2. The monoisotopic (exact) mass is 350 g/mol. The Balaban J connectivity index is 1.94. The molecule has 5 rings (SSSR count). The lowest BCUT2D eigenvalue weighted by atomic mass is 9.87. The standard InChI is InChI=1S/C25H18O2/c26-22-14-13-17-9-3-5-11-19(17)23(22)24-20-12-6-4-10-18(20)15-21(25(24)27)16-7-1-2-8-16/h1-16,26-27H. The minimum Gasteiger partial charge on any atom is -0.507 e. The van der Waals surface area contributed by atoms with Gasteiger partial charge in [-0.2, -0.15) is 0 Å². The van der Waals surface area contributed by atoms with Crippen LogP contribution in [0.25, 0.3) is 32.7 Å². The Labute approximate surface area is 157 Å². The van der Waals surface area contributed by atoms with Gasteiger partial charge < -0.3 is 10.2 Å². The second-order valence-electron chi connectivity index (χ2n) is 6.89. The van der Waals surface area contributed by atoms with Crippen molar-refractivity contribution in [2.24, 2.45) is 0 Å². The maximum absolute atomic E-state index is 11.3. The van der Waals surface area contributed by atoms with Crippen LogP contribution in [0.15, 0.2) is 91.0 Å². The number of fused-ring (bicyclic) bond motifs is 2. The summed E-state index contributed by atoms with van der Waals surface area (Å²) in [5.41, 5.74) is 2.21. The molecule has 0 fully saturated rings. The Hall–Kier alpha value is -3.52. The Bertz CT molecular complexity index is 1240. The van der Waals surface area contributed by atoms with Crippen molar-refractivity contribution >= 4 is 21.5 Å². The molecular formula is C25H18O2. The topological polar surface area (TPSA) is 40.5 Å². The van der Waals surface area contributed by atoms with Crippen LogP contribution in [0.3, 0.4) is 0 Å². The molecule has 1 aliphatic carbocycles. The highest BCUT2D eigenvalue weighted by Gasteiger charge is 2.22. The fraction of sp³-hybridized carbons (Fsp3) is 0.0400. The molecule has 4 aromatic carbocycles. The summed E-state index contributed by atoms with van der Waals surface area (Å²) >= 11 is 0. The second-order valence-corrected chi connectivity index (χ2v) is 6.89. The van der Waals surface area contributed by atoms with Gasteiger partial charge in [-0.3, -0.25) is 0 Å². The van der Waals surface area contributed by atoms with Gasteiger partial charge in [-0.05, 0) is 33.7 Å². The quantitative estimate of drug-likeness (QED) is 0.446. The van der Waals surface area contributed by atoms with E-state index in [-0.39, 0.29) is 17.4 Å². The lowest BCUT2D eigenvalue weighted by Gasteiger charge is -2.18. The highest BCUT2D eigenvalue weighted by molar-refractivity contribution is 6.10. The molecule has 0 heterocycles. The van der Waals surface area contributed by atoms with Crippen LogP contribution in [-0.4, -0.2) is 10.2 Å². The SMILES string of the molecule is Oc1ccc2ccccc2c1-c1c(O)c(C2C=CC=C2)cc2ccccc12. The number of benzene rings is 4. The minimum absolute atomic E-state index is 0.0328. The largest absolute Gasteiger partial charge is 0.507 e. The number of phenolic OH excluding ortho intramolecular Hbond substituents is 2. The molecule has 27 heavy (non-hydrogen) atoms. The molecule has 0 unspecified atom stereocenters. The zero-order valence-electron chi connectivity index (χ0n) is 14.6. The molecule has 0 bridgehead atoms. The van der Waals surface area contributed by atoms with Gasteiger partial charge in [0, 0.05) is 22.6 Å². The first-order valence-electron chi connectivity index (χ1n) is 9.05. The van der Waals surface area contributed by atoms with E-state index in [0.717, 1.165) is 27.1 Å². The van der Waals surface area contributed by atoms with Crippen molar-refractivity contribution in [2.45, 2.75) is 5.92 Å². The molecule has 4 aromatic rings. The lowest BCUT2D eigenvalue weighted by molar-refractivity contribution is 0.466. The van der Waals surface area contributed by atoms with Crippen molar-refractivity contribution in [3.8, 4) is 22.6 Å². The molecule has 0 saturated heterocycles. The van der Waals surface area contributed by atoms with E-state index in [1.807, 2.05) is 72.8 Å². The number of hydrogen-bond donors (Lipinski definition) is 2. The van der Waals surface area contributed by atoms with Crippen molar-refractivity contribution in [1.29, 1.82) is 0 Å². The summed E-state index contributed by atoms with van der Waals surface area (Å²) in [5.74, 6) is 0.427. The van der Waals surface area contributed by atoms with E-state index in [1.165, 1.54) is 0 Å².